The fourth-order valence-electron chi connectivity index (χ4n) is 9.29. The maximum absolute atomic E-state index is 14.4. The Morgan fingerprint density at radius 1 is 0.932 bits per heavy atom. The van der Waals surface area contributed by atoms with Crippen LogP contribution in [0.3, 0.4) is 0 Å². The third-order valence-corrected chi connectivity index (χ3v) is 12.9. The second-order valence-corrected chi connectivity index (χ2v) is 16.7. The van der Waals surface area contributed by atoms with Crippen molar-refractivity contribution in [2.75, 3.05) is 13.7 Å². The van der Waals surface area contributed by atoms with Crippen LogP contribution < -0.4 is 16.0 Å². The van der Waals surface area contributed by atoms with E-state index in [4.69, 9.17) is 9.47 Å². The van der Waals surface area contributed by atoms with Crippen molar-refractivity contribution in [1.29, 1.82) is 0 Å². The van der Waals surface area contributed by atoms with Crippen LogP contribution in [-0.2, 0) is 25.5 Å². The van der Waals surface area contributed by atoms with Crippen molar-refractivity contribution in [1.82, 2.24) is 20.3 Å². The number of hydrogen-bond donors (Lipinski definition) is 4. The van der Waals surface area contributed by atoms with Crippen LogP contribution in [0.5, 0.6) is 0 Å². The molecule has 3 aromatic heterocycles. The zero-order valence-electron chi connectivity index (χ0n) is 36.2. The van der Waals surface area contributed by atoms with Crippen LogP contribution in [0.25, 0.3) is 29.9 Å². The van der Waals surface area contributed by atoms with E-state index in [1.807, 2.05) is 39.0 Å². The van der Waals surface area contributed by atoms with Gasteiger partial charge < -0.3 is 29.7 Å². The first-order chi connectivity index (χ1) is 28.4. The van der Waals surface area contributed by atoms with Gasteiger partial charge in [0.15, 0.2) is 12.1 Å². The molecule has 5 heterocycles. The number of aldehydes is 1. The van der Waals surface area contributed by atoms with Gasteiger partial charge in [0, 0.05) is 74.3 Å². The van der Waals surface area contributed by atoms with Gasteiger partial charge in [-0.3, -0.25) is 19.2 Å². The predicted octanol–water partition coefficient (Wildman–Crippen LogP) is 8.53. The molecule has 0 aromatic carbocycles. The number of allylic oxidation sites excluding steroid dienone is 3. The summed E-state index contributed by atoms with van der Waals surface area (Å²) in [4.78, 5) is 64.4. The number of nitrogens with one attached hydrogen (secondary N) is 4. The number of rotatable bonds is 17. The van der Waals surface area contributed by atoms with Gasteiger partial charge in [-0.15, -0.1) is 0 Å². The number of fused-ring (bicyclic) bond motifs is 7. The molecule has 59 heavy (non-hydrogen) atoms. The van der Waals surface area contributed by atoms with E-state index in [2.05, 4.69) is 60.6 Å². The van der Waals surface area contributed by atoms with Crippen LogP contribution in [-0.4, -0.2) is 52.7 Å². The minimum absolute atomic E-state index is 0.131. The van der Waals surface area contributed by atoms with Crippen LogP contribution in [0.2, 0.25) is 0 Å². The number of methoxy groups -OCH3 is 1. The zero-order chi connectivity index (χ0) is 42.5. The lowest BCUT2D eigenvalue weighted by atomic mass is 9.85. The Bertz CT molecular complexity index is 2360. The lowest BCUT2D eigenvalue weighted by Gasteiger charge is -2.19. The fourth-order valence-corrected chi connectivity index (χ4v) is 9.29. The van der Waals surface area contributed by atoms with E-state index in [1.165, 1.54) is 44.8 Å². The van der Waals surface area contributed by atoms with Crippen LogP contribution in [0.15, 0.2) is 29.6 Å². The normalized spacial score (nSPS) is 22.1. The number of aromatic amines is 3. The summed E-state index contributed by atoms with van der Waals surface area (Å²) in [6.45, 7) is 19.0. The summed E-state index contributed by atoms with van der Waals surface area (Å²) >= 11 is 0. The SMILES string of the molecule is C=Cc1c2[nH]c(c1C)/C=C1\N/C(=C3\c4[nH]c(c(C)c4C(=O)[C@@H]3C(=O)OC)/C=c3\[nH]/c(c(C=O)c3CC)=C\2)[C@@H](CCC(=O)OC/C=C(\C)CCC[C@H](C)CCCCC)[C@@H]1C. The molecule has 314 valence electrons. The van der Waals surface area contributed by atoms with Crippen LogP contribution in [0.1, 0.15) is 158 Å². The second kappa shape index (κ2) is 18.7. The average molecular weight is 803 g/mol. The molecular weight excluding hydrogens is 741 g/mol. The molecule has 2 aliphatic heterocycles. The highest BCUT2D eigenvalue weighted by molar-refractivity contribution is 6.24. The minimum Gasteiger partial charge on any atom is -0.468 e. The molecule has 10 heteroatoms. The Morgan fingerprint density at radius 2 is 1.66 bits per heavy atom. The third-order valence-electron chi connectivity index (χ3n) is 12.9. The Morgan fingerprint density at radius 3 is 2.36 bits per heavy atom. The number of carbonyl (C=O) groups excluding carboxylic acids is 4. The lowest BCUT2D eigenvalue weighted by Crippen LogP contribution is -2.25. The lowest BCUT2D eigenvalue weighted by molar-refractivity contribution is -0.143. The van der Waals surface area contributed by atoms with Gasteiger partial charge in [0.25, 0.3) is 0 Å². The summed E-state index contributed by atoms with van der Waals surface area (Å²) in [7, 11) is 1.30. The topological polar surface area (TPSA) is 146 Å². The molecule has 10 nitrogen and oxygen atoms in total. The Kier molecular flexibility index (Phi) is 13.7. The van der Waals surface area contributed by atoms with Crippen molar-refractivity contribution in [3.8, 4) is 0 Å². The Labute approximate surface area is 348 Å². The van der Waals surface area contributed by atoms with Crippen LogP contribution in [0, 0.1) is 37.5 Å². The summed E-state index contributed by atoms with van der Waals surface area (Å²) in [5.74, 6) is -2.13. The van der Waals surface area contributed by atoms with Crippen molar-refractivity contribution in [2.24, 2.45) is 23.7 Å². The van der Waals surface area contributed by atoms with Crippen LogP contribution in [0.4, 0.5) is 0 Å². The molecule has 1 aliphatic carbocycles. The number of H-pyrrole nitrogens is 3. The number of ether oxygens (including phenoxy) is 2. The molecule has 0 spiro atoms. The van der Waals surface area contributed by atoms with Crippen molar-refractivity contribution >= 4 is 53.9 Å². The minimum atomic E-state index is -1.19. The zero-order valence-corrected chi connectivity index (χ0v) is 36.2. The highest BCUT2D eigenvalue weighted by Crippen LogP contribution is 2.48. The molecule has 4 atom stereocenters. The average Bonchev–Trinajstić information content (AvgIpc) is 3.97. The van der Waals surface area contributed by atoms with Crippen molar-refractivity contribution < 1.29 is 28.7 Å². The van der Waals surface area contributed by atoms with Gasteiger partial charge in [-0.2, -0.15) is 0 Å². The van der Waals surface area contributed by atoms with Gasteiger partial charge in [-0.1, -0.05) is 78.0 Å². The number of esters is 2. The van der Waals surface area contributed by atoms with Crippen LogP contribution >= 0.6 is 0 Å². The molecule has 4 N–H and O–H groups in total. The number of carbonyl (C=O) groups is 4. The quantitative estimate of drug-likeness (QED) is 0.0352. The molecule has 0 radical (unpaired) electrons. The van der Waals surface area contributed by atoms with Crippen molar-refractivity contribution in [3.05, 3.63) is 96.5 Å². The Hall–Kier alpha value is -5.38. The highest BCUT2D eigenvalue weighted by Gasteiger charge is 2.48. The summed E-state index contributed by atoms with van der Waals surface area (Å²) in [5.41, 5.74) is 10.6. The maximum atomic E-state index is 14.4. The molecule has 6 rings (SSSR count). The number of Topliss-reactive ketones (excluding diaryl/α,β-unsaturated/α-hetero) is 1. The number of hydrogen-bond acceptors (Lipinski definition) is 7. The highest BCUT2D eigenvalue weighted by atomic mass is 16.5. The molecule has 8 bridgehead atoms. The van der Waals surface area contributed by atoms with Gasteiger partial charge in [0.1, 0.15) is 12.5 Å². The van der Waals surface area contributed by atoms with Gasteiger partial charge in [0.2, 0.25) is 0 Å². The maximum Gasteiger partial charge on any atom is 0.321 e. The third kappa shape index (κ3) is 8.68. The Balaban J connectivity index is 1.37. The molecule has 3 aliphatic rings. The molecular formula is C49H62N4O6. The van der Waals surface area contributed by atoms with E-state index in [9.17, 15) is 19.2 Å². The molecule has 0 amide bonds. The van der Waals surface area contributed by atoms with E-state index >= 15 is 0 Å². The van der Waals surface area contributed by atoms with Gasteiger partial charge in [0.05, 0.1) is 18.2 Å². The largest absolute Gasteiger partial charge is 0.468 e. The molecule has 0 saturated carbocycles. The summed E-state index contributed by atoms with van der Waals surface area (Å²) in [6.07, 6.45) is 20.3. The molecule has 3 aromatic rings. The van der Waals surface area contributed by atoms with E-state index in [0.29, 0.717) is 57.5 Å². The van der Waals surface area contributed by atoms with E-state index < -0.39 is 11.9 Å². The van der Waals surface area contributed by atoms with E-state index in [-0.39, 0.29) is 36.6 Å². The first-order valence-corrected chi connectivity index (χ1v) is 21.5. The summed E-state index contributed by atoms with van der Waals surface area (Å²) in [5, 5.41) is 5.06. The first kappa shape index (κ1) is 43.2. The second-order valence-electron chi connectivity index (χ2n) is 16.7. The summed E-state index contributed by atoms with van der Waals surface area (Å²) < 4.78 is 11.0. The monoisotopic (exact) mass is 802 g/mol. The molecule has 1 fully saturated rings. The fraction of sp³-hybridized carbons (Fsp3) is 0.469. The molecule has 0 unspecified atom stereocenters. The number of ketones is 1. The van der Waals surface area contributed by atoms with Crippen molar-refractivity contribution in [2.45, 2.75) is 113 Å². The smallest absolute Gasteiger partial charge is 0.321 e. The number of aromatic nitrogens is 3. The standard InChI is InChI=1S/C49H62N4O6/c1-10-13-14-16-27(4)17-15-18-28(5)21-22-59-42(55)20-19-34-30(7)37-23-36-29(6)32(11-2)39(50-36)25-41-35(26-54)33(12-3)40(51-41)24-38-31(8)43-47(53-38)44(46(34)52-37)45(48(43)56)49(57)58-9/h11,21,23-27,30,34,45,50-53H,2,10,12-20,22H2,1,3-9H3/b28-21+,37-23-,40-24-,41-25-,46-44-/t27-,30+,34+,45-/m1/s1. The molecule has 1 saturated heterocycles. The van der Waals surface area contributed by atoms with Gasteiger partial charge in [-0.05, 0) is 93.4 Å². The predicted molar refractivity (Wildman–Crippen MR) is 235 cm³/mol. The van der Waals surface area contributed by atoms with E-state index in [0.717, 1.165) is 64.2 Å². The number of unbranched alkanes of at least 4 members (excludes halogenated alkanes) is 2. The van der Waals surface area contributed by atoms with Crippen molar-refractivity contribution in [3.63, 3.8) is 0 Å². The summed E-state index contributed by atoms with van der Waals surface area (Å²) in [6, 6.07) is 0. The van der Waals surface area contributed by atoms with E-state index in [1.54, 1.807) is 6.08 Å². The van der Waals surface area contributed by atoms with Gasteiger partial charge in [-0.25, -0.2) is 0 Å². The van der Waals surface area contributed by atoms with Gasteiger partial charge >= 0.3 is 11.9 Å². The first-order valence-electron chi connectivity index (χ1n) is 21.5.